The van der Waals surface area contributed by atoms with Gasteiger partial charge in [-0.1, -0.05) is 23.2 Å². The number of carbonyl (C=O) groups is 2. The van der Waals surface area contributed by atoms with Crippen LogP contribution in [0.2, 0.25) is 10.0 Å². The molecule has 0 bridgehead atoms. The summed E-state index contributed by atoms with van der Waals surface area (Å²) in [5.41, 5.74) is 6.64. The monoisotopic (exact) mass is 578 g/mol. The van der Waals surface area contributed by atoms with Gasteiger partial charge >= 0.3 is 6.09 Å². The second-order valence-corrected chi connectivity index (χ2v) is 10.7. The van der Waals surface area contributed by atoms with Crippen LogP contribution in [-0.2, 0) is 9.53 Å². The van der Waals surface area contributed by atoms with E-state index < -0.39 is 5.82 Å². The highest BCUT2D eigenvalue weighted by Crippen LogP contribution is 2.38. The number of benzene rings is 1. The van der Waals surface area contributed by atoms with Crippen LogP contribution in [0.1, 0.15) is 44.6 Å². The zero-order chi connectivity index (χ0) is 27.7. The van der Waals surface area contributed by atoms with Crippen molar-refractivity contribution in [3.05, 3.63) is 34.2 Å². The van der Waals surface area contributed by atoms with Crippen molar-refractivity contribution in [2.24, 2.45) is 11.7 Å². The van der Waals surface area contributed by atoms with Crippen molar-refractivity contribution in [2.45, 2.75) is 50.6 Å². The number of nitrogens with zero attached hydrogens (tertiary/aromatic N) is 5. The maximum atomic E-state index is 14.8. The molecule has 4 N–H and O–H groups in total. The fourth-order valence-electron chi connectivity index (χ4n) is 5.36. The van der Waals surface area contributed by atoms with Crippen LogP contribution in [0.3, 0.4) is 0 Å². The summed E-state index contributed by atoms with van der Waals surface area (Å²) >= 11 is 12.3. The average Bonchev–Trinajstić information content (AvgIpc) is 3.27. The molecule has 39 heavy (non-hydrogen) atoms. The van der Waals surface area contributed by atoms with Crippen molar-refractivity contribution < 1.29 is 18.7 Å². The van der Waals surface area contributed by atoms with Gasteiger partial charge in [-0.15, -0.1) is 0 Å². The summed E-state index contributed by atoms with van der Waals surface area (Å²) in [6, 6.07) is 2.49. The van der Waals surface area contributed by atoms with E-state index in [9.17, 15) is 14.0 Å². The van der Waals surface area contributed by atoms with E-state index in [0.29, 0.717) is 61.8 Å². The third kappa shape index (κ3) is 5.81. The smallest absolute Gasteiger partial charge is 0.409 e. The number of imidazole rings is 1. The summed E-state index contributed by atoms with van der Waals surface area (Å²) in [4.78, 5) is 39.3. The quantitative estimate of drug-likeness (QED) is 0.376. The van der Waals surface area contributed by atoms with Crippen molar-refractivity contribution in [1.82, 2.24) is 24.4 Å². The number of piperidine rings is 1. The number of anilines is 3. The first-order valence-electron chi connectivity index (χ1n) is 12.8. The predicted octanol–water partition coefficient (Wildman–Crippen LogP) is 4.88. The summed E-state index contributed by atoms with van der Waals surface area (Å²) in [6.45, 7) is 1.09. The van der Waals surface area contributed by atoms with Crippen LogP contribution in [0.15, 0.2) is 18.3 Å². The Morgan fingerprint density at radius 2 is 1.92 bits per heavy atom. The van der Waals surface area contributed by atoms with Crippen LogP contribution in [0, 0.1) is 11.7 Å². The minimum atomic E-state index is -0.621. The average molecular weight is 579 g/mol. The van der Waals surface area contributed by atoms with E-state index in [-0.39, 0.29) is 45.7 Å². The van der Waals surface area contributed by atoms with Gasteiger partial charge in [0.2, 0.25) is 17.8 Å². The molecule has 1 saturated carbocycles. The molecule has 208 valence electrons. The number of amides is 2. The van der Waals surface area contributed by atoms with Gasteiger partial charge in [0.1, 0.15) is 11.3 Å². The molecule has 2 aliphatic rings. The number of nitrogens with one attached hydrogen (secondary N) is 2. The van der Waals surface area contributed by atoms with Gasteiger partial charge in [0, 0.05) is 36.1 Å². The lowest BCUT2D eigenvalue weighted by Gasteiger charge is -2.32. The van der Waals surface area contributed by atoms with Crippen LogP contribution >= 0.6 is 23.2 Å². The summed E-state index contributed by atoms with van der Waals surface area (Å²) in [5, 5.41) is 6.64. The molecule has 0 spiro atoms. The number of methoxy groups -OCH3 is 1. The third-order valence-electron chi connectivity index (χ3n) is 7.33. The molecule has 2 fully saturated rings. The fourth-order valence-corrected chi connectivity index (χ4v) is 5.87. The zero-order valence-electron chi connectivity index (χ0n) is 21.3. The lowest BCUT2D eigenvalue weighted by atomic mass is 9.85. The molecule has 14 heteroatoms. The SMILES string of the molecule is COC(=O)N1CCCC(Nc2ncc3nc(Nc4c(F)cc(Cl)cc4Cl)n([C@H]4CC[C@@H](C(N)=O)CC4)c3n2)C1. The standard InChI is InChI=1S/C25H29Cl2FN8O3/c1-39-25(38)35-8-2-3-15(12-35)31-23-30-11-19-22(34-23)36(16-6-4-13(5-7-16)21(29)37)24(32-19)33-20-17(27)9-14(26)10-18(20)28/h9-11,13,15-16H,2-8,12H2,1H3,(H2,29,37)(H,32,33)(H,30,31,34)/t13-,15?,16+. The molecule has 11 nitrogen and oxygen atoms in total. The van der Waals surface area contributed by atoms with Gasteiger partial charge in [0.25, 0.3) is 0 Å². The molecule has 3 aromatic rings. The lowest BCUT2D eigenvalue weighted by Crippen LogP contribution is -2.45. The van der Waals surface area contributed by atoms with E-state index in [4.69, 9.17) is 38.7 Å². The molecule has 0 radical (unpaired) electrons. The van der Waals surface area contributed by atoms with E-state index in [1.165, 1.54) is 19.2 Å². The van der Waals surface area contributed by atoms with E-state index in [2.05, 4.69) is 20.6 Å². The van der Waals surface area contributed by atoms with Crippen molar-refractivity contribution in [2.75, 3.05) is 30.8 Å². The van der Waals surface area contributed by atoms with Gasteiger partial charge in [0.05, 0.1) is 24.0 Å². The van der Waals surface area contributed by atoms with Crippen LogP contribution in [-0.4, -0.2) is 62.7 Å². The summed E-state index contributed by atoms with van der Waals surface area (Å²) in [7, 11) is 1.36. The summed E-state index contributed by atoms with van der Waals surface area (Å²) < 4.78 is 21.6. The Hall–Kier alpha value is -3.38. The van der Waals surface area contributed by atoms with Crippen molar-refractivity contribution >= 4 is 64.0 Å². The van der Waals surface area contributed by atoms with Gasteiger partial charge in [-0.3, -0.25) is 9.36 Å². The van der Waals surface area contributed by atoms with Crippen LogP contribution in [0.4, 0.5) is 26.8 Å². The molecule has 1 atom stereocenters. The number of halogens is 3. The Morgan fingerprint density at radius 3 is 2.62 bits per heavy atom. The minimum absolute atomic E-state index is 0.0415. The van der Waals surface area contributed by atoms with Gasteiger partial charge < -0.3 is 26.0 Å². The maximum Gasteiger partial charge on any atom is 0.409 e. The Morgan fingerprint density at radius 1 is 1.15 bits per heavy atom. The number of carbonyl (C=O) groups excluding carboxylic acids is 2. The Balaban J connectivity index is 1.48. The number of hydrogen-bond donors (Lipinski definition) is 3. The molecule has 1 unspecified atom stereocenters. The molecule has 3 heterocycles. The van der Waals surface area contributed by atoms with Crippen LogP contribution < -0.4 is 16.4 Å². The molecule has 2 aromatic heterocycles. The molecular formula is C25H29Cl2FN8O3. The normalized spacial score (nSPS) is 21.5. The van der Waals surface area contributed by atoms with Crippen LogP contribution in [0.25, 0.3) is 11.2 Å². The van der Waals surface area contributed by atoms with E-state index in [1.807, 2.05) is 4.57 Å². The van der Waals surface area contributed by atoms with Gasteiger partial charge in [-0.25, -0.2) is 19.2 Å². The molecule has 5 rings (SSSR count). The first kappa shape index (κ1) is 27.2. The number of fused-ring (bicyclic) bond motifs is 1. The zero-order valence-corrected chi connectivity index (χ0v) is 22.8. The third-order valence-corrected chi connectivity index (χ3v) is 7.84. The van der Waals surface area contributed by atoms with Crippen molar-refractivity contribution in [3.8, 4) is 0 Å². The lowest BCUT2D eigenvalue weighted by molar-refractivity contribution is -0.122. The van der Waals surface area contributed by atoms with Gasteiger partial charge in [-0.05, 0) is 50.7 Å². The van der Waals surface area contributed by atoms with Gasteiger partial charge in [-0.2, -0.15) is 4.98 Å². The van der Waals surface area contributed by atoms with Gasteiger partial charge in [0.15, 0.2) is 5.65 Å². The number of hydrogen-bond acceptors (Lipinski definition) is 8. The Bertz CT molecular complexity index is 1370. The molecule has 1 saturated heterocycles. The molecule has 1 aliphatic heterocycles. The number of ether oxygens (including phenoxy) is 1. The second kappa shape index (κ2) is 11.4. The number of likely N-dealkylation sites (tertiary alicyclic amines) is 1. The van der Waals surface area contributed by atoms with Crippen LogP contribution in [0.5, 0.6) is 0 Å². The first-order chi connectivity index (χ1) is 18.7. The van der Waals surface area contributed by atoms with E-state index in [1.54, 1.807) is 11.1 Å². The fraction of sp³-hybridized carbons (Fsp3) is 0.480. The number of aromatic nitrogens is 4. The Labute approximate surface area is 234 Å². The Kier molecular flexibility index (Phi) is 7.94. The highest BCUT2D eigenvalue weighted by molar-refractivity contribution is 6.36. The number of primary amides is 1. The highest BCUT2D eigenvalue weighted by Gasteiger charge is 2.30. The van der Waals surface area contributed by atoms with Crippen molar-refractivity contribution in [3.63, 3.8) is 0 Å². The van der Waals surface area contributed by atoms with E-state index in [0.717, 1.165) is 12.8 Å². The largest absolute Gasteiger partial charge is 0.453 e. The second-order valence-electron chi connectivity index (χ2n) is 9.88. The molecule has 1 aromatic carbocycles. The molecular weight excluding hydrogens is 550 g/mol. The minimum Gasteiger partial charge on any atom is -0.453 e. The van der Waals surface area contributed by atoms with E-state index >= 15 is 0 Å². The predicted molar refractivity (Wildman–Crippen MR) is 146 cm³/mol. The number of rotatable bonds is 6. The summed E-state index contributed by atoms with van der Waals surface area (Å²) in [5.74, 6) is -0.388. The molecule has 1 aliphatic carbocycles. The number of nitrogens with two attached hydrogens (primary N) is 1. The summed E-state index contributed by atoms with van der Waals surface area (Å²) in [6.07, 6.45) is 5.45. The highest BCUT2D eigenvalue weighted by atomic mass is 35.5. The molecule has 2 amide bonds. The topological polar surface area (TPSA) is 140 Å². The first-order valence-corrected chi connectivity index (χ1v) is 13.5. The van der Waals surface area contributed by atoms with Crippen molar-refractivity contribution in [1.29, 1.82) is 0 Å². The maximum absolute atomic E-state index is 14.8.